The number of nitrogens with zero attached hydrogens (tertiary/aromatic N) is 1. The molecule has 0 spiro atoms. The van der Waals surface area contributed by atoms with Gasteiger partial charge in [0, 0.05) is 24.4 Å². The van der Waals surface area contributed by atoms with Gasteiger partial charge in [0.1, 0.15) is 11.4 Å². The van der Waals surface area contributed by atoms with E-state index < -0.39 is 34.4 Å². The standard InChI is InChI=1S/C20H14F4N4O/c21-11-9-12(22)18(24)10(17(11)23)5-7-25-15-6-8-26-20(29)16(15)19-27-13-3-1-2-4-14(13)28-19/h1-4,6,8-9H,5,7H2,(H,27,28)(H2,25,26,29). The molecule has 0 atom stereocenters. The number of anilines is 1. The number of imidazole rings is 1. The fraction of sp³-hybridized carbons (Fsp3) is 0.100. The maximum Gasteiger partial charge on any atom is 0.261 e. The molecule has 0 radical (unpaired) electrons. The number of benzene rings is 2. The highest BCUT2D eigenvalue weighted by molar-refractivity contribution is 5.82. The Morgan fingerprint density at radius 3 is 2.45 bits per heavy atom. The second kappa shape index (κ2) is 7.42. The lowest BCUT2D eigenvalue weighted by atomic mass is 10.1. The summed E-state index contributed by atoms with van der Waals surface area (Å²) in [6.07, 6.45) is 1.07. The zero-order valence-electron chi connectivity index (χ0n) is 14.8. The van der Waals surface area contributed by atoms with E-state index in [1.165, 1.54) is 6.20 Å². The normalized spacial score (nSPS) is 11.2. The summed E-state index contributed by atoms with van der Waals surface area (Å²) in [4.78, 5) is 22.4. The van der Waals surface area contributed by atoms with Crippen molar-refractivity contribution in [3.05, 3.63) is 81.8 Å². The van der Waals surface area contributed by atoms with Crippen LogP contribution in [0.4, 0.5) is 23.2 Å². The monoisotopic (exact) mass is 402 g/mol. The molecule has 0 saturated heterocycles. The Balaban J connectivity index is 1.63. The third-order valence-corrected chi connectivity index (χ3v) is 4.48. The zero-order chi connectivity index (χ0) is 20.5. The van der Waals surface area contributed by atoms with Crippen molar-refractivity contribution in [1.82, 2.24) is 15.0 Å². The lowest BCUT2D eigenvalue weighted by Crippen LogP contribution is -2.15. The Kier molecular flexibility index (Phi) is 4.79. The molecule has 0 unspecified atom stereocenters. The number of fused-ring (bicyclic) bond motifs is 1. The molecule has 0 aliphatic rings. The molecule has 2 heterocycles. The average Bonchev–Trinajstić information content (AvgIpc) is 3.12. The largest absolute Gasteiger partial charge is 0.384 e. The summed E-state index contributed by atoms with van der Waals surface area (Å²) in [5, 5.41) is 2.88. The van der Waals surface area contributed by atoms with Gasteiger partial charge in [-0.1, -0.05) is 12.1 Å². The van der Waals surface area contributed by atoms with Crippen molar-refractivity contribution in [3.8, 4) is 11.4 Å². The van der Waals surface area contributed by atoms with Gasteiger partial charge in [0.25, 0.3) is 5.56 Å². The lowest BCUT2D eigenvalue weighted by Gasteiger charge is -2.11. The minimum Gasteiger partial charge on any atom is -0.384 e. The highest BCUT2D eigenvalue weighted by atomic mass is 19.2. The van der Waals surface area contributed by atoms with Crippen molar-refractivity contribution in [2.45, 2.75) is 6.42 Å². The van der Waals surface area contributed by atoms with Gasteiger partial charge in [-0.3, -0.25) is 4.79 Å². The fourth-order valence-electron chi connectivity index (χ4n) is 3.10. The number of rotatable bonds is 5. The molecule has 9 heteroatoms. The van der Waals surface area contributed by atoms with Crippen molar-refractivity contribution in [2.75, 3.05) is 11.9 Å². The molecule has 0 fully saturated rings. The van der Waals surface area contributed by atoms with E-state index in [9.17, 15) is 22.4 Å². The van der Waals surface area contributed by atoms with Crippen LogP contribution in [-0.2, 0) is 6.42 Å². The van der Waals surface area contributed by atoms with Crippen molar-refractivity contribution in [3.63, 3.8) is 0 Å². The predicted octanol–water partition coefficient (Wildman–Crippen LogP) is 4.13. The number of aromatic amines is 2. The van der Waals surface area contributed by atoms with Gasteiger partial charge in [-0.25, -0.2) is 22.5 Å². The smallest absolute Gasteiger partial charge is 0.261 e. The summed E-state index contributed by atoms with van der Waals surface area (Å²) in [7, 11) is 0. The molecule has 29 heavy (non-hydrogen) atoms. The minimum atomic E-state index is -1.46. The van der Waals surface area contributed by atoms with Crippen molar-refractivity contribution in [1.29, 1.82) is 0 Å². The Labute approximate surface area is 161 Å². The van der Waals surface area contributed by atoms with Crippen LogP contribution in [0.1, 0.15) is 5.56 Å². The summed E-state index contributed by atoms with van der Waals surface area (Å²) >= 11 is 0. The van der Waals surface area contributed by atoms with Crippen molar-refractivity contribution >= 4 is 16.7 Å². The molecular formula is C20H14F4N4O. The maximum atomic E-state index is 13.8. The van der Waals surface area contributed by atoms with Crippen LogP contribution in [0.25, 0.3) is 22.4 Å². The van der Waals surface area contributed by atoms with Gasteiger partial charge in [0.05, 0.1) is 16.7 Å². The summed E-state index contributed by atoms with van der Waals surface area (Å²) in [6.45, 7) is -0.0760. The SMILES string of the molecule is O=c1[nH]ccc(NCCc2c(F)c(F)cc(F)c2F)c1-c1nc2ccccc2[nH]1. The number of nitrogens with one attached hydrogen (secondary N) is 3. The topological polar surface area (TPSA) is 73.6 Å². The number of hydrogen-bond acceptors (Lipinski definition) is 3. The van der Waals surface area contributed by atoms with E-state index in [2.05, 4.69) is 20.3 Å². The second-order valence-corrected chi connectivity index (χ2v) is 6.32. The molecule has 3 N–H and O–H groups in total. The van der Waals surface area contributed by atoms with E-state index in [1.807, 2.05) is 12.1 Å². The van der Waals surface area contributed by atoms with Crippen LogP contribution in [0.15, 0.2) is 47.4 Å². The molecule has 4 rings (SSSR count). The van der Waals surface area contributed by atoms with E-state index in [1.54, 1.807) is 18.2 Å². The van der Waals surface area contributed by atoms with E-state index in [0.29, 0.717) is 17.0 Å². The predicted molar refractivity (Wildman–Crippen MR) is 101 cm³/mol. The minimum absolute atomic E-state index is 0.0760. The van der Waals surface area contributed by atoms with E-state index >= 15 is 0 Å². The molecule has 0 amide bonds. The molecule has 0 saturated carbocycles. The quantitative estimate of drug-likeness (QED) is 0.347. The number of para-hydroxylation sites is 2. The van der Waals surface area contributed by atoms with Crippen LogP contribution in [0.2, 0.25) is 0 Å². The van der Waals surface area contributed by atoms with Gasteiger partial charge in [0.2, 0.25) is 0 Å². The molecule has 2 aromatic heterocycles. The van der Waals surface area contributed by atoms with E-state index in [4.69, 9.17) is 0 Å². The Bertz CT molecular complexity index is 1210. The van der Waals surface area contributed by atoms with Gasteiger partial charge in [0.15, 0.2) is 23.3 Å². The van der Waals surface area contributed by atoms with Crippen molar-refractivity contribution < 1.29 is 17.6 Å². The third kappa shape index (κ3) is 3.46. The summed E-state index contributed by atoms with van der Waals surface area (Å²) in [5.74, 6) is -5.48. The molecule has 5 nitrogen and oxygen atoms in total. The molecule has 0 aliphatic carbocycles. The van der Waals surface area contributed by atoms with Crippen LogP contribution >= 0.6 is 0 Å². The van der Waals surface area contributed by atoms with Crippen LogP contribution in [0.3, 0.4) is 0 Å². The summed E-state index contributed by atoms with van der Waals surface area (Å²) in [5.41, 5.74) is 0.820. The Hall–Kier alpha value is -3.62. The van der Waals surface area contributed by atoms with Crippen LogP contribution in [0.5, 0.6) is 0 Å². The molecule has 148 valence electrons. The van der Waals surface area contributed by atoms with Gasteiger partial charge in [-0.05, 0) is 24.6 Å². The highest BCUT2D eigenvalue weighted by Gasteiger charge is 2.19. The van der Waals surface area contributed by atoms with Crippen molar-refractivity contribution in [2.24, 2.45) is 0 Å². The molecular weight excluding hydrogens is 388 g/mol. The van der Waals surface area contributed by atoms with Crippen LogP contribution < -0.4 is 10.9 Å². The molecule has 2 aromatic carbocycles. The lowest BCUT2D eigenvalue weighted by molar-refractivity contribution is 0.439. The van der Waals surface area contributed by atoms with Gasteiger partial charge in [-0.2, -0.15) is 0 Å². The molecule has 4 aromatic rings. The van der Waals surface area contributed by atoms with Crippen LogP contribution in [-0.4, -0.2) is 21.5 Å². The molecule has 0 aliphatic heterocycles. The molecule has 0 bridgehead atoms. The average molecular weight is 402 g/mol. The van der Waals surface area contributed by atoms with Gasteiger partial charge < -0.3 is 15.3 Å². The van der Waals surface area contributed by atoms with E-state index in [0.717, 1.165) is 5.52 Å². The van der Waals surface area contributed by atoms with Crippen LogP contribution in [0, 0.1) is 23.3 Å². The first kappa shape index (κ1) is 18.7. The summed E-state index contributed by atoms with van der Waals surface area (Å²) in [6, 6.07) is 8.94. The number of aromatic nitrogens is 3. The summed E-state index contributed by atoms with van der Waals surface area (Å²) < 4.78 is 54.3. The fourth-order valence-corrected chi connectivity index (χ4v) is 3.10. The first-order valence-corrected chi connectivity index (χ1v) is 8.68. The highest BCUT2D eigenvalue weighted by Crippen LogP contribution is 2.25. The number of H-pyrrole nitrogens is 2. The van der Waals surface area contributed by atoms with E-state index in [-0.39, 0.29) is 24.6 Å². The Morgan fingerprint density at radius 2 is 1.72 bits per heavy atom. The third-order valence-electron chi connectivity index (χ3n) is 4.48. The maximum absolute atomic E-state index is 13.8. The first-order chi connectivity index (χ1) is 14.0. The van der Waals surface area contributed by atoms with Gasteiger partial charge >= 0.3 is 0 Å². The first-order valence-electron chi connectivity index (χ1n) is 8.68. The zero-order valence-corrected chi connectivity index (χ0v) is 14.8. The number of halogens is 4. The van der Waals surface area contributed by atoms with Gasteiger partial charge in [-0.15, -0.1) is 0 Å². The Morgan fingerprint density at radius 1 is 1.00 bits per heavy atom. The second-order valence-electron chi connectivity index (χ2n) is 6.32. The number of pyridine rings is 1. The number of hydrogen-bond donors (Lipinski definition) is 3.